The van der Waals surface area contributed by atoms with E-state index in [2.05, 4.69) is 4.98 Å². The van der Waals surface area contributed by atoms with Gasteiger partial charge in [0, 0.05) is 5.39 Å². The third-order valence-corrected chi connectivity index (χ3v) is 3.68. The highest BCUT2D eigenvalue weighted by Gasteiger charge is 2.22. The van der Waals surface area contributed by atoms with Gasteiger partial charge in [0.15, 0.2) is 0 Å². The van der Waals surface area contributed by atoms with Crippen molar-refractivity contribution in [3.05, 3.63) is 58.7 Å². The lowest BCUT2D eigenvalue weighted by molar-refractivity contribution is 0.0540. The molecule has 0 saturated heterocycles. The largest absolute Gasteiger partial charge is 0.443 e. The first kappa shape index (κ1) is 17.7. The Kier molecular flexibility index (Phi) is 4.27. The van der Waals surface area contributed by atoms with Crippen LogP contribution in [0, 0.1) is 5.82 Å². The van der Waals surface area contributed by atoms with Crippen LogP contribution in [0.25, 0.3) is 10.9 Å². The minimum absolute atomic E-state index is 0.00141. The highest BCUT2D eigenvalue weighted by Crippen LogP contribution is 2.23. The molecule has 8 heteroatoms. The standard InChI is InChI=1S/C18H19FN4O3/c1-18(2,3)26-17(25)23-13(7-11-6-12(19)4-5-15(11)23)9-22-10-21-8-14(20)16(22)24/h4-8,10H,9,20H2,1-3H3. The van der Waals surface area contributed by atoms with Crippen molar-refractivity contribution < 1.29 is 13.9 Å². The molecule has 0 atom stereocenters. The van der Waals surface area contributed by atoms with E-state index in [1.165, 1.54) is 39.9 Å². The van der Waals surface area contributed by atoms with E-state index in [1.807, 2.05) is 0 Å². The number of nitrogens with zero attached hydrogens (tertiary/aromatic N) is 3. The van der Waals surface area contributed by atoms with E-state index in [0.717, 1.165) is 0 Å². The Bertz CT molecular complexity index is 1050. The van der Waals surface area contributed by atoms with Crippen molar-refractivity contribution in [3.8, 4) is 0 Å². The molecule has 0 radical (unpaired) electrons. The molecule has 1 aromatic carbocycles. The smallest absolute Gasteiger partial charge is 0.419 e. The van der Waals surface area contributed by atoms with Crippen LogP contribution >= 0.6 is 0 Å². The lowest BCUT2D eigenvalue weighted by Gasteiger charge is -2.21. The Hall–Kier alpha value is -3.16. The van der Waals surface area contributed by atoms with E-state index in [9.17, 15) is 14.0 Å². The molecule has 0 aliphatic carbocycles. The van der Waals surface area contributed by atoms with Gasteiger partial charge >= 0.3 is 6.09 Å². The second-order valence-corrected chi connectivity index (χ2v) is 6.94. The number of aromatic nitrogens is 3. The summed E-state index contributed by atoms with van der Waals surface area (Å²) in [6.45, 7) is 5.29. The first-order valence-corrected chi connectivity index (χ1v) is 7.99. The number of carbonyl (C=O) groups is 1. The number of hydrogen-bond acceptors (Lipinski definition) is 5. The summed E-state index contributed by atoms with van der Waals surface area (Å²) >= 11 is 0. The normalized spacial score (nSPS) is 11.7. The average Bonchev–Trinajstić information content (AvgIpc) is 2.87. The fourth-order valence-electron chi connectivity index (χ4n) is 2.64. The number of halogens is 1. The van der Waals surface area contributed by atoms with E-state index in [0.29, 0.717) is 16.6 Å². The fourth-order valence-corrected chi connectivity index (χ4v) is 2.64. The monoisotopic (exact) mass is 358 g/mol. The van der Waals surface area contributed by atoms with Crippen molar-refractivity contribution in [1.29, 1.82) is 0 Å². The highest BCUT2D eigenvalue weighted by atomic mass is 19.1. The summed E-state index contributed by atoms with van der Waals surface area (Å²) in [6.07, 6.45) is 1.98. The van der Waals surface area contributed by atoms with Gasteiger partial charge in [0.05, 0.1) is 30.3 Å². The lowest BCUT2D eigenvalue weighted by atomic mass is 10.2. The number of benzene rings is 1. The molecule has 0 spiro atoms. The second kappa shape index (κ2) is 6.29. The molecule has 0 fully saturated rings. The first-order valence-electron chi connectivity index (χ1n) is 7.99. The van der Waals surface area contributed by atoms with Crippen LogP contribution in [0.15, 0.2) is 41.6 Å². The predicted molar refractivity (Wildman–Crippen MR) is 95.5 cm³/mol. The van der Waals surface area contributed by atoms with E-state index in [4.69, 9.17) is 10.5 Å². The van der Waals surface area contributed by atoms with Crippen molar-refractivity contribution in [2.45, 2.75) is 32.9 Å². The summed E-state index contributed by atoms with van der Waals surface area (Å²) < 4.78 is 21.6. The maximum atomic E-state index is 13.6. The van der Waals surface area contributed by atoms with Gasteiger partial charge in [-0.05, 0) is 45.0 Å². The van der Waals surface area contributed by atoms with Gasteiger partial charge < -0.3 is 10.5 Å². The van der Waals surface area contributed by atoms with Gasteiger partial charge in [0.1, 0.15) is 17.1 Å². The van der Waals surface area contributed by atoms with Crippen LogP contribution in [-0.2, 0) is 11.3 Å². The van der Waals surface area contributed by atoms with Gasteiger partial charge in [-0.25, -0.2) is 18.7 Å². The van der Waals surface area contributed by atoms with Crippen LogP contribution in [0.2, 0.25) is 0 Å². The van der Waals surface area contributed by atoms with Crippen LogP contribution in [0.4, 0.5) is 14.9 Å². The van der Waals surface area contributed by atoms with Gasteiger partial charge in [-0.1, -0.05) is 0 Å². The molecule has 7 nitrogen and oxygen atoms in total. The fraction of sp³-hybridized carbons (Fsp3) is 0.278. The maximum Gasteiger partial charge on any atom is 0.419 e. The van der Waals surface area contributed by atoms with Gasteiger partial charge in [0.25, 0.3) is 5.56 Å². The van der Waals surface area contributed by atoms with Crippen LogP contribution in [-0.4, -0.2) is 25.8 Å². The summed E-state index contributed by atoms with van der Waals surface area (Å²) in [5.41, 5.74) is 5.41. The number of anilines is 1. The topological polar surface area (TPSA) is 92.1 Å². The number of hydrogen-bond donors (Lipinski definition) is 1. The molecular weight excluding hydrogens is 339 g/mol. The zero-order valence-electron chi connectivity index (χ0n) is 14.7. The number of nitrogens with two attached hydrogens (primary N) is 1. The summed E-state index contributed by atoms with van der Waals surface area (Å²) in [4.78, 5) is 28.8. The quantitative estimate of drug-likeness (QED) is 0.760. The van der Waals surface area contributed by atoms with Gasteiger partial charge in [0.2, 0.25) is 0 Å². The van der Waals surface area contributed by atoms with Crippen LogP contribution < -0.4 is 11.3 Å². The summed E-state index contributed by atoms with van der Waals surface area (Å²) in [5.74, 6) is -0.423. The number of fused-ring (bicyclic) bond motifs is 1. The molecule has 3 rings (SSSR count). The second-order valence-electron chi connectivity index (χ2n) is 6.94. The summed E-state index contributed by atoms with van der Waals surface area (Å²) in [7, 11) is 0. The molecule has 0 aliphatic rings. The zero-order valence-corrected chi connectivity index (χ0v) is 14.7. The first-order chi connectivity index (χ1) is 12.2. The highest BCUT2D eigenvalue weighted by molar-refractivity contribution is 5.91. The molecule has 0 aliphatic heterocycles. The Morgan fingerprint density at radius 2 is 2.04 bits per heavy atom. The average molecular weight is 358 g/mol. The minimum Gasteiger partial charge on any atom is -0.443 e. The molecule has 0 amide bonds. The van der Waals surface area contributed by atoms with Crippen molar-refractivity contribution in [2.24, 2.45) is 0 Å². The molecule has 0 bridgehead atoms. The minimum atomic E-state index is -0.708. The van der Waals surface area contributed by atoms with E-state index in [-0.39, 0.29) is 12.2 Å². The maximum absolute atomic E-state index is 13.6. The molecule has 0 unspecified atom stereocenters. The molecule has 2 aromatic heterocycles. The molecular formula is C18H19FN4O3. The molecule has 0 saturated carbocycles. The van der Waals surface area contributed by atoms with Crippen LogP contribution in [0.3, 0.4) is 0 Å². The van der Waals surface area contributed by atoms with E-state index in [1.54, 1.807) is 26.8 Å². The van der Waals surface area contributed by atoms with Gasteiger partial charge in [-0.2, -0.15) is 0 Å². The molecule has 3 aromatic rings. The molecule has 26 heavy (non-hydrogen) atoms. The van der Waals surface area contributed by atoms with Crippen LogP contribution in [0.1, 0.15) is 26.5 Å². The Morgan fingerprint density at radius 1 is 1.31 bits per heavy atom. The SMILES string of the molecule is CC(C)(C)OC(=O)n1c(Cn2cncc(N)c2=O)cc2cc(F)ccc21. The van der Waals surface area contributed by atoms with Crippen molar-refractivity contribution in [3.63, 3.8) is 0 Å². The van der Waals surface area contributed by atoms with Crippen molar-refractivity contribution in [2.75, 3.05) is 5.73 Å². The predicted octanol–water partition coefficient (Wildman–Crippen LogP) is 2.75. The number of ether oxygens (including phenoxy) is 1. The zero-order chi connectivity index (χ0) is 19.1. The Labute approximate surface area is 148 Å². The Morgan fingerprint density at radius 3 is 2.73 bits per heavy atom. The third-order valence-electron chi connectivity index (χ3n) is 3.68. The van der Waals surface area contributed by atoms with Gasteiger partial charge in [-0.15, -0.1) is 0 Å². The molecule has 2 heterocycles. The van der Waals surface area contributed by atoms with Crippen molar-refractivity contribution in [1.82, 2.24) is 14.1 Å². The summed E-state index contributed by atoms with van der Waals surface area (Å²) in [6, 6.07) is 5.72. The van der Waals surface area contributed by atoms with Crippen molar-refractivity contribution >= 4 is 22.7 Å². The number of nitrogen functional groups attached to an aromatic ring is 1. The third kappa shape index (κ3) is 3.44. The molecule has 136 valence electrons. The summed E-state index contributed by atoms with van der Waals surface area (Å²) in [5, 5.41) is 0.524. The van der Waals surface area contributed by atoms with Gasteiger partial charge in [-0.3, -0.25) is 9.36 Å². The van der Waals surface area contributed by atoms with E-state index < -0.39 is 23.1 Å². The molecule has 2 N–H and O–H groups in total. The lowest BCUT2D eigenvalue weighted by Crippen LogP contribution is -2.29. The van der Waals surface area contributed by atoms with E-state index >= 15 is 0 Å². The Balaban J connectivity index is 2.14. The number of rotatable bonds is 2. The number of carbonyl (C=O) groups excluding carboxylic acids is 1. The van der Waals surface area contributed by atoms with Crippen LogP contribution in [0.5, 0.6) is 0 Å².